The molecule has 2 fully saturated rings. The Morgan fingerprint density at radius 1 is 1.32 bits per heavy atom. The van der Waals surface area contributed by atoms with Crippen LogP contribution in [0.25, 0.3) is 10.9 Å². The number of aromatic nitrogens is 1. The fraction of sp³-hybridized carbons (Fsp3) is 0.474. The second-order valence-corrected chi connectivity index (χ2v) is 7.63. The fourth-order valence-corrected chi connectivity index (χ4v) is 3.86. The number of fused-ring (bicyclic) bond motifs is 1. The molecule has 25 heavy (non-hydrogen) atoms. The van der Waals surface area contributed by atoms with Gasteiger partial charge in [-0.25, -0.2) is 0 Å². The molecule has 2 aromatic rings. The second kappa shape index (κ2) is 6.81. The number of pyridine rings is 1. The van der Waals surface area contributed by atoms with Gasteiger partial charge >= 0.3 is 5.97 Å². The van der Waals surface area contributed by atoms with Gasteiger partial charge in [0.25, 0.3) is 0 Å². The largest absolute Gasteiger partial charge is 0.480 e. The highest BCUT2D eigenvalue weighted by atomic mass is 35.5. The molecule has 1 heterocycles. The molecule has 132 valence electrons. The molecule has 0 spiro atoms. The lowest BCUT2D eigenvalue weighted by Gasteiger charge is -2.43. The maximum Gasteiger partial charge on any atom is 0.317 e. The van der Waals surface area contributed by atoms with E-state index in [2.05, 4.69) is 15.2 Å². The van der Waals surface area contributed by atoms with Crippen molar-refractivity contribution in [3.63, 3.8) is 0 Å². The lowest BCUT2D eigenvalue weighted by atomic mass is 9.85. The van der Waals surface area contributed by atoms with Crippen molar-refractivity contribution >= 4 is 34.2 Å². The molecule has 0 radical (unpaired) electrons. The van der Waals surface area contributed by atoms with Crippen LogP contribution in [-0.4, -0.2) is 46.1 Å². The summed E-state index contributed by atoms with van der Waals surface area (Å²) in [7, 11) is 0. The van der Waals surface area contributed by atoms with E-state index in [0.29, 0.717) is 23.0 Å². The third-order valence-electron chi connectivity index (χ3n) is 5.24. The monoisotopic (exact) mass is 359 g/mol. The number of carboxylic acid groups (broad SMARTS) is 1. The second-order valence-electron chi connectivity index (χ2n) is 7.23. The van der Waals surface area contributed by atoms with E-state index in [1.54, 1.807) is 6.20 Å². The molecular weight excluding hydrogens is 338 g/mol. The zero-order valence-electron chi connectivity index (χ0n) is 14.0. The number of hydrogen-bond acceptors (Lipinski definition) is 4. The molecule has 6 heteroatoms. The van der Waals surface area contributed by atoms with E-state index in [1.807, 2.05) is 24.3 Å². The van der Waals surface area contributed by atoms with Crippen LogP contribution in [0, 0.1) is 5.92 Å². The standard InChI is InChI=1S/C19H22ClN3O2/c20-16-3-1-2-15-17(6-7-21-19(15)16)22-13-8-14(9-13)23(11-18(24)25)10-12-4-5-12/h1-3,6-7,12-14H,4-5,8-11H2,(H,21,22)(H,24,25). The number of aliphatic carboxylic acids is 1. The lowest BCUT2D eigenvalue weighted by molar-refractivity contribution is -0.139. The van der Waals surface area contributed by atoms with Crippen molar-refractivity contribution in [3.8, 4) is 0 Å². The van der Waals surface area contributed by atoms with Gasteiger partial charge in [-0.2, -0.15) is 0 Å². The first-order valence-electron chi connectivity index (χ1n) is 8.86. The van der Waals surface area contributed by atoms with E-state index in [4.69, 9.17) is 16.7 Å². The lowest BCUT2D eigenvalue weighted by Crippen LogP contribution is -2.52. The Balaban J connectivity index is 1.41. The molecule has 0 amide bonds. The molecule has 2 aliphatic carbocycles. The highest BCUT2D eigenvalue weighted by molar-refractivity contribution is 6.35. The van der Waals surface area contributed by atoms with Crippen LogP contribution in [0.4, 0.5) is 5.69 Å². The molecule has 0 atom stereocenters. The van der Waals surface area contributed by atoms with Crippen molar-refractivity contribution in [1.29, 1.82) is 0 Å². The molecule has 2 saturated carbocycles. The number of halogens is 1. The fourth-order valence-electron chi connectivity index (χ4n) is 3.64. The summed E-state index contributed by atoms with van der Waals surface area (Å²) in [5.41, 5.74) is 1.86. The Morgan fingerprint density at radius 3 is 2.84 bits per heavy atom. The summed E-state index contributed by atoms with van der Waals surface area (Å²) in [6.45, 7) is 1.08. The van der Waals surface area contributed by atoms with Crippen molar-refractivity contribution in [2.24, 2.45) is 5.92 Å². The van der Waals surface area contributed by atoms with Crippen LogP contribution in [0.2, 0.25) is 5.02 Å². The smallest absolute Gasteiger partial charge is 0.317 e. The van der Waals surface area contributed by atoms with Crippen molar-refractivity contribution < 1.29 is 9.90 Å². The molecule has 0 saturated heterocycles. The van der Waals surface area contributed by atoms with Gasteiger partial charge in [-0.1, -0.05) is 23.7 Å². The number of carboxylic acids is 1. The van der Waals surface area contributed by atoms with Gasteiger partial charge in [-0.3, -0.25) is 14.7 Å². The predicted octanol–water partition coefficient (Wildman–Crippen LogP) is 3.63. The molecule has 2 aliphatic rings. The van der Waals surface area contributed by atoms with Crippen LogP contribution in [0.1, 0.15) is 25.7 Å². The van der Waals surface area contributed by atoms with Crippen molar-refractivity contribution in [2.75, 3.05) is 18.4 Å². The predicted molar refractivity (Wildman–Crippen MR) is 99.1 cm³/mol. The third-order valence-corrected chi connectivity index (χ3v) is 5.54. The Bertz CT molecular complexity index is 787. The molecule has 4 rings (SSSR count). The van der Waals surface area contributed by atoms with E-state index in [-0.39, 0.29) is 6.54 Å². The van der Waals surface area contributed by atoms with Gasteiger partial charge in [0.1, 0.15) is 0 Å². The minimum Gasteiger partial charge on any atom is -0.480 e. The number of hydrogen-bond donors (Lipinski definition) is 2. The SMILES string of the molecule is O=C(O)CN(CC1CC1)C1CC(Nc2ccnc3c(Cl)cccc23)C1. The molecule has 0 bridgehead atoms. The van der Waals surface area contributed by atoms with Crippen LogP contribution in [0.5, 0.6) is 0 Å². The summed E-state index contributed by atoms with van der Waals surface area (Å²) in [6.07, 6.45) is 6.22. The zero-order chi connectivity index (χ0) is 17.4. The quantitative estimate of drug-likeness (QED) is 0.790. The topological polar surface area (TPSA) is 65.5 Å². The Morgan fingerprint density at radius 2 is 2.12 bits per heavy atom. The summed E-state index contributed by atoms with van der Waals surface area (Å²) in [5.74, 6) is -0.0236. The van der Waals surface area contributed by atoms with Gasteiger partial charge in [0, 0.05) is 35.9 Å². The Kier molecular flexibility index (Phi) is 4.52. The van der Waals surface area contributed by atoms with Crippen molar-refractivity contribution in [3.05, 3.63) is 35.5 Å². The highest BCUT2D eigenvalue weighted by Gasteiger charge is 2.37. The van der Waals surface area contributed by atoms with E-state index in [9.17, 15) is 4.79 Å². The van der Waals surface area contributed by atoms with Crippen LogP contribution in [0.3, 0.4) is 0 Å². The third kappa shape index (κ3) is 3.72. The van der Waals surface area contributed by atoms with Gasteiger partial charge in [0.05, 0.1) is 17.1 Å². The average molecular weight is 360 g/mol. The first kappa shape index (κ1) is 16.6. The van der Waals surface area contributed by atoms with E-state index < -0.39 is 5.97 Å². The maximum absolute atomic E-state index is 11.1. The first-order chi connectivity index (χ1) is 12.1. The van der Waals surface area contributed by atoms with Crippen LogP contribution in [0.15, 0.2) is 30.5 Å². The molecule has 0 aliphatic heterocycles. The van der Waals surface area contributed by atoms with Gasteiger partial charge in [-0.15, -0.1) is 0 Å². The molecule has 5 nitrogen and oxygen atoms in total. The molecule has 1 aromatic heterocycles. The first-order valence-corrected chi connectivity index (χ1v) is 9.23. The number of carbonyl (C=O) groups is 1. The van der Waals surface area contributed by atoms with Crippen LogP contribution in [-0.2, 0) is 4.79 Å². The normalized spacial score (nSPS) is 22.8. The number of para-hydroxylation sites is 1. The Labute approximate surface area is 152 Å². The minimum absolute atomic E-state index is 0.154. The number of rotatable bonds is 7. The summed E-state index contributed by atoms with van der Waals surface area (Å²) in [5, 5.41) is 14.4. The van der Waals surface area contributed by atoms with Gasteiger partial charge < -0.3 is 10.4 Å². The average Bonchev–Trinajstić information content (AvgIpc) is 3.34. The van der Waals surface area contributed by atoms with E-state index in [1.165, 1.54) is 12.8 Å². The highest BCUT2D eigenvalue weighted by Crippen LogP contribution is 2.35. The zero-order valence-corrected chi connectivity index (χ0v) is 14.7. The van der Waals surface area contributed by atoms with Crippen molar-refractivity contribution in [2.45, 2.75) is 37.8 Å². The summed E-state index contributed by atoms with van der Waals surface area (Å²) < 4.78 is 0. The maximum atomic E-state index is 11.1. The number of anilines is 1. The van der Waals surface area contributed by atoms with Crippen LogP contribution >= 0.6 is 11.6 Å². The summed E-state index contributed by atoms with van der Waals surface area (Å²) >= 11 is 6.23. The Hall–Kier alpha value is -1.85. The number of nitrogens with zero attached hydrogens (tertiary/aromatic N) is 2. The molecule has 1 aromatic carbocycles. The van der Waals surface area contributed by atoms with Crippen LogP contribution < -0.4 is 5.32 Å². The van der Waals surface area contributed by atoms with Gasteiger partial charge in [0.2, 0.25) is 0 Å². The molecular formula is C19H22ClN3O2. The molecule has 0 unspecified atom stereocenters. The van der Waals surface area contributed by atoms with E-state index in [0.717, 1.165) is 36.0 Å². The summed E-state index contributed by atoms with van der Waals surface area (Å²) in [4.78, 5) is 17.6. The van der Waals surface area contributed by atoms with E-state index >= 15 is 0 Å². The van der Waals surface area contributed by atoms with Gasteiger partial charge in [-0.05, 0) is 43.7 Å². The minimum atomic E-state index is -0.730. The van der Waals surface area contributed by atoms with Crippen molar-refractivity contribution in [1.82, 2.24) is 9.88 Å². The van der Waals surface area contributed by atoms with Gasteiger partial charge in [0.15, 0.2) is 0 Å². The number of nitrogens with one attached hydrogen (secondary N) is 1. The molecule has 2 N–H and O–H groups in total. The number of benzene rings is 1. The summed E-state index contributed by atoms with van der Waals surface area (Å²) in [6, 6.07) is 8.52.